The van der Waals surface area contributed by atoms with Gasteiger partial charge >= 0.3 is 0 Å². The van der Waals surface area contributed by atoms with E-state index in [2.05, 4.69) is 25.7 Å². The minimum absolute atomic E-state index is 0.0519. The number of amides is 1. The molecule has 2 N–H and O–H groups in total. The summed E-state index contributed by atoms with van der Waals surface area (Å²) in [7, 11) is 0. The van der Waals surface area contributed by atoms with Gasteiger partial charge in [-0.25, -0.2) is 9.07 Å². The lowest BCUT2D eigenvalue weighted by atomic mass is 9.90. The molecule has 1 aromatic heterocycles. The molecule has 2 aromatic carbocycles. The van der Waals surface area contributed by atoms with E-state index in [-0.39, 0.29) is 13.1 Å². The minimum Gasteiger partial charge on any atom is -0.387 e. The standard InChI is InChI=1S/C25H26FN7O5/c26-17-8-4-7-16(13-17)18-14-33(32-30-18)20-21(34)23(24(35)28-10-11-29-31-27)37-19-9-12-36-25(38-22(19)20)15-5-2-1-3-6-15/h1-8,13-14,19-23,25,34H,9-12H2,(H,28,35)/t19-,20-,21-,22+,23-,25?/m1/s1. The van der Waals surface area contributed by atoms with Crippen LogP contribution in [0.15, 0.2) is 65.9 Å². The number of rotatable bonds is 7. The average Bonchev–Trinajstić information content (AvgIpc) is 3.32. The Balaban J connectivity index is 1.47. The molecule has 0 bridgehead atoms. The summed E-state index contributed by atoms with van der Waals surface area (Å²) in [5.41, 5.74) is 10.1. The van der Waals surface area contributed by atoms with E-state index in [4.69, 9.17) is 19.7 Å². The fourth-order valence-corrected chi connectivity index (χ4v) is 4.70. The van der Waals surface area contributed by atoms with Gasteiger partial charge in [-0.1, -0.05) is 52.8 Å². The molecule has 0 spiro atoms. The van der Waals surface area contributed by atoms with E-state index in [1.54, 1.807) is 18.3 Å². The number of azide groups is 1. The first-order chi connectivity index (χ1) is 18.5. The number of aromatic nitrogens is 3. The highest BCUT2D eigenvalue weighted by atomic mass is 19.1. The van der Waals surface area contributed by atoms with Crippen LogP contribution in [-0.4, -0.2) is 70.1 Å². The van der Waals surface area contributed by atoms with Gasteiger partial charge in [0.15, 0.2) is 12.4 Å². The molecule has 0 aliphatic carbocycles. The molecule has 2 fully saturated rings. The second-order valence-electron chi connectivity index (χ2n) is 8.92. The highest BCUT2D eigenvalue weighted by Crippen LogP contribution is 2.39. The fraction of sp³-hybridized carbons (Fsp3) is 0.400. The Kier molecular flexibility index (Phi) is 7.91. The number of hydrogen-bond acceptors (Lipinski definition) is 8. The molecule has 5 rings (SSSR count). The Morgan fingerprint density at radius 3 is 2.87 bits per heavy atom. The first-order valence-electron chi connectivity index (χ1n) is 12.2. The predicted molar refractivity (Wildman–Crippen MR) is 131 cm³/mol. The monoisotopic (exact) mass is 523 g/mol. The fourth-order valence-electron chi connectivity index (χ4n) is 4.70. The van der Waals surface area contributed by atoms with Crippen LogP contribution in [0.4, 0.5) is 4.39 Å². The van der Waals surface area contributed by atoms with E-state index in [0.29, 0.717) is 24.3 Å². The zero-order valence-electron chi connectivity index (χ0n) is 20.2. The van der Waals surface area contributed by atoms with Gasteiger partial charge in [0.2, 0.25) is 0 Å². The first-order valence-corrected chi connectivity index (χ1v) is 12.2. The van der Waals surface area contributed by atoms with Crippen molar-refractivity contribution in [3.8, 4) is 11.3 Å². The molecule has 2 aliphatic rings. The number of nitrogens with zero attached hydrogens (tertiary/aromatic N) is 6. The van der Waals surface area contributed by atoms with Crippen LogP contribution in [0.25, 0.3) is 21.7 Å². The van der Waals surface area contributed by atoms with Crippen molar-refractivity contribution in [1.29, 1.82) is 0 Å². The molecule has 6 atom stereocenters. The van der Waals surface area contributed by atoms with Gasteiger partial charge < -0.3 is 24.6 Å². The SMILES string of the molecule is [N-]=[N+]=NCCNC(=O)[C@@H]1O[C@@H]2CCOC(c3ccccc3)O[C@@H]2[C@H](n2cc(-c3cccc(F)c3)nn2)[C@H]1O. The molecule has 1 amide bonds. The molecule has 1 unspecified atom stereocenters. The van der Waals surface area contributed by atoms with E-state index < -0.39 is 48.5 Å². The summed E-state index contributed by atoms with van der Waals surface area (Å²) >= 11 is 0. The molecule has 2 aliphatic heterocycles. The lowest BCUT2D eigenvalue weighted by molar-refractivity contribution is -0.238. The maximum absolute atomic E-state index is 13.8. The Morgan fingerprint density at radius 1 is 1.24 bits per heavy atom. The second-order valence-corrected chi connectivity index (χ2v) is 8.92. The van der Waals surface area contributed by atoms with Crippen LogP contribution in [0.3, 0.4) is 0 Å². The second kappa shape index (κ2) is 11.7. The number of carbonyl (C=O) groups is 1. The zero-order valence-corrected chi connectivity index (χ0v) is 20.2. The molecule has 3 heterocycles. The van der Waals surface area contributed by atoms with Gasteiger partial charge in [0.05, 0.1) is 18.9 Å². The number of halogens is 1. The van der Waals surface area contributed by atoms with Crippen LogP contribution < -0.4 is 5.32 Å². The van der Waals surface area contributed by atoms with Gasteiger partial charge in [-0.3, -0.25) is 4.79 Å². The molecule has 12 nitrogen and oxygen atoms in total. The molecule has 198 valence electrons. The van der Waals surface area contributed by atoms with Gasteiger partial charge in [0.25, 0.3) is 5.91 Å². The summed E-state index contributed by atoms with van der Waals surface area (Å²) < 4.78 is 33.6. The molecule has 13 heteroatoms. The van der Waals surface area contributed by atoms with Crippen LogP contribution in [0.2, 0.25) is 0 Å². The number of benzene rings is 2. The zero-order chi connectivity index (χ0) is 26.5. The lowest BCUT2D eigenvalue weighted by Crippen LogP contribution is -2.60. The van der Waals surface area contributed by atoms with Crippen molar-refractivity contribution in [2.24, 2.45) is 5.11 Å². The Hall–Kier alpha value is -3.87. The van der Waals surface area contributed by atoms with Crippen molar-refractivity contribution < 1.29 is 28.5 Å². The van der Waals surface area contributed by atoms with Gasteiger partial charge in [-0.05, 0) is 24.1 Å². The Labute approximate surface area is 216 Å². The maximum Gasteiger partial charge on any atom is 0.251 e. The third-order valence-corrected chi connectivity index (χ3v) is 6.48. The molecular formula is C25H26FN7O5. The normalized spacial score (nSPS) is 27.0. The third-order valence-electron chi connectivity index (χ3n) is 6.48. The van der Waals surface area contributed by atoms with Crippen molar-refractivity contribution in [3.05, 3.63) is 82.6 Å². The largest absolute Gasteiger partial charge is 0.387 e. The molecule has 38 heavy (non-hydrogen) atoms. The van der Waals surface area contributed by atoms with E-state index in [9.17, 15) is 14.3 Å². The van der Waals surface area contributed by atoms with Crippen molar-refractivity contribution in [2.75, 3.05) is 19.7 Å². The topological polar surface area (TPSA) is 156 Å². The minimum atomic E-state index is -1.38. The van der Waals surface area contributed by atoms with E-state index in [0.717, 1.165) is 5.56 Å². The summed E-state index contributed by atoms with van der Waals surface area (Å²) in [6.45, 7) is 0.425. The first kappa shape index (κ1) is 25.8. The third kappa shape index (κ3) is 5.52. The number of hydrogen-bond donors (Lipinski definition) is 2. The van der Waals surface area contributed by atoms with Crippen LogP contribution in [0.1, 0.15) is 24.3 Å². The van der Waals surface area contributed by atoms with Crippen LogP contribution in [0.5, 0.6) is 0 Å². The Morgan fingerprint density at radius 2 is 2.08 bits per heavy atom. The van der Waals surface area contributed by atoms with Gasteiger partial charge in [-0.15, -0.1) is 5.10 Å². The number of nitrogens with one attached hydrogen (secondary N) is 1. The predicted octanol–water partition coefficient (Wildman–Crippen LogP) is 2.68. The number of ether oxygens (including phenoxy) is 3. The summed E-state index contributed by atoms with van der Waals surface area (Å²) in [6.07, 6.45) is -2.78. The van der Waals surface area contributed by atoms with Gasteiger partial charge in [0.1, 0.15) is 29.8 Å². The molecule has 0 radical (unpaired) electrons. The summed E-state index contributed by atoms with van der Waals surface area (Å²) in [5.74, 6) is -0.986. The van der Waals surface area contributed by atoms with E-state index in [1.807, 2.05) is 30.3 Å². The van der Waals surface area contributed by atoms with Gasteiger partial charge in [-0.2, -0.15) is 0 Å². The van der Waals surface area contributed by atoms with Crippen LogP contribution >= 0.6 is 0 Å². The van der Waals surface area contributed by atoms with Crippen molar-refractivity contribution in [1.82, 2.24) is 20.3 Å². The Bertz CT molecular complexity index is 1300. The molecule has 2 saturated heterocycles. The highest BCUT2D eigenvalue weighted by Gasteiger charge is 2.51. The van der Waals surface area contributed by atoms with Crippen LogP contribution in [0, 0.1) is 5.82 Å². The molecule has 3 aromatic rings. The van der Waals surface area contributed by atoms with Gasteiger partial charge in [0, 0.05) is 29.1 Å². The number of fused-ring (bicyclic) bond motifs is 1. The summed E-state index contributed by atoms with van der Waals surface area (Å²) in [6, 6.07) is 14.4. The smallest absolute Gasteiger partial charge is 0.251 e. The number of aliphatic hydroxyl groups is 1. The number of aliphatic hydroxyl groups excluding tert-OH is 1. The quantitative estimate of drug-likeness (QED) is 0.209. The molecular weight excluding hydrogens is 497 g/mol. The highest BCUT2D eigenvalue weighted by molar-refractivity contribution is 5.81. The number of carbonyl (C=O) groups excluding carboxylic acids is 1. The average molecular weight is 524 g/mol. The van der Waals surface area contributed by atoms with Crippen LogP contribution in [-0.2, 0) is 19.0 Å². The molecule has 0 saturated carbocycles. The van der Waals surface area contributed by atoms with Crippen molar-refractivity contribution >= 4 is 5.91 Å². The summed E-state index contributed by atoms with van der Waals surface area (Å²) in [5, 5.41) is 25.8. The maximum atomic E-state index is 13.8. The van der Waals surface area contributed by atoms with Crippen molar-refractivity contribution in [3.63, 3.8) is 0 Å². The van der Waals surface area contributed by atoms with E-state index in [1.165, 1.54) is 16.8 Å². The van der Waals surface area contributed by atoms with Crippen molar-refractivity contribution in [2.45, 2.75) is 43.2 Å². The lowest BCUT2D eigenvalue weighted by Gasteiger charge is -2.43. The van der Waals surface area contributed by atoms with E-state index >= 15 is 0 Å². The summed E-state index contributed by atoms with van der Waals surface area (Å²) in [4.78, 5) is 15.6.